The fourth-order valence-corrected chi connectivity index (χ4v) is 4.25. The Morgan fingerprint density at radius 2 is 1.90 bits per heavy atom. The van der Waals surface area contributed by atoms with Crippen LogP contribution in [0.2, 0.25) is 0 Å². The maximum atomic E-state index is 12.7. The lowest BCUT2D eigenvalue weighted by Gasteiger charge is -2.21. The summed E-state index contributed by atoms with van der Waals surface area (Å²) in [6, 6.07) is 8.55. The molecule has 9 nitrogen and oxygen atoms in total. The number of hydrogen-bond acceptors (Lipinski definition) is 5. The monoisotopic (exact) mass is 494 g/mol. The molecule has 30 heavy (non-hydrogen) atoms. The minimum absolute atomic E-state index is 0.00861. The van der Waals surface area contributed by atoms with Gasteiger partial charge >= 0.3 is 0 Å². The van der Waals surface area contributed by atoms with Gasteiger partial charge in [-0.1, -0.05) is 30.3 Å². The number of amides is 1. The molecule has 1 aromatic carbocycles. The van der Waals surface area contributed by atoms with Crippen LogP contribution < -0.4 is 10.0 Å². The Balaban J connectivity index is 1.69. The van der Waals surface area contributed by atoms with Gasteiger partial charge in [-0.3, -0.25) is 14.2 Å². The molecule has 0 saturated carbocycles. The quantitative estimate of drug-likeness (QED) is 0.473. The molecule has 11 heteroatoms. The maximum Gasteiger partial charge on any atom is 0.243 e. The van der Waals surface area contributed by atoms with Gasteiger partial charge in [0.25, 0.3) is 0 Å². The van der Waals surface area contributed by atoms with Crippen LogP contribution in [0.3, 0.4) is 0 Å². The first kappa shape index (κ1) is 22.2. The van der Waals surface area contributed by atoms with Crippen molar-refractivity contribution in [2.24, 2.45) is 7.05 Å². The molecule has 0 fully saturated rings. The van der Waals surface area contributed by atoms with Crippen molar-refractivity contribution >= 4 is 31.9 Å². The van der Waals surface area contributed by atoms with Gasteiger partial charge in [0.05, 0.1) is 29.0 Å². The van der Waals surface area contributed by atoms with Crippen molar-refractivity contribution in [2.75, 3.05) is 6.54 Å². The second-order valence-corrected chi connectivity index (χ2v) is 9.61. The van der Waals surface area contributed by atoms with Gasteiger partial charge in [0.2, 0.25) is 15.9 Å². The van der Waals surface area contributed by atoms with Crippen LogP contribution in [-0.2, 0) is 21.9 Å². The number of sulfonamides is 1. The predicted molar refractivity (Wildman–Crippen MR) is 115 cm³/mol. The largest absolute Gasteiger partial charge is 0.348 e. The SMILES string of the molecule is CC(CC(=O)NC(CNS(=O)(=O)c1cnn(C)c1)c1ccccc1)n1cc(Br)cn1. The van der Waals surface area contributed by atoms with Crippen molar-refractivity contribution in [1.82, 2.24) is 29.6 Å². The van der Waals surface area contributed by atoms with Gasteiger partial charge < -0.3 is 5.32 Å². The van der Waals surface area contributed by atoms with Gasteiger partial charge in [0, 0.05) is 32.4 Å². The zero-order valence-corrected chi connectivity index (χ0v) is 19.0. The lowest BCUT2D eigenvalue weighted by molar-refractivity contribution is -0.122. The van der Waals surface area contributed by atoms with Crippen molar-refractivity contribution < 1.29 is 13.2 Å². The molecule has 2 atom stereocenters. The maximum absolute atomic E-state index is 12.7. The van der Waals surface area contributed by atoms with E-state index in [0.717, 1.165) is 10.0 Å². The number of carbonyl (C=O) groups excluding carboxylic acids is 1. The van der Waals surface area contributed by atoms with Gasteiger partial charge in [-0.05, 0) is 28.4 Å². The number of rotatable bonds is 9. The summed E-state index contributed by atoms with van der Waals surface area (Å²) < 4.78 is 31.6. The fraction of sp³-hybridized carbons (Fsp3) is 0.316. The molecule has 0 aliphatic carbocycles. The van der Waals surface area contributed by atoms with Crippen molar-refractivity contribution in [3.05, 3.63) is 65.2 Å². The van der Waals surface area contributed by atoms with Gasteiger partial charge in [-0.25, -0.2) is 13.1 Å². The minimum Gasteiger partial charge on any atom is -0.348 e. The predicted octanol–water partition coefficient (Wildman–Crippen LogP) is 2.17. The molecular formula is C19H23BrN6O3S. The van der Waals surface area contributed by atoms with Gasteiger partial charge in [-0.15, -0.1) is 0 Å². The van der Waals surface area contributed by atoms with E-state index in [1.165, 1.54) is 17.1 Å². The topological polar surface area (TPSA) is 111 Å². The van der Waals surface area contributed by atoms with Crippen LogP contribution in [0.5, 0.6) is 0 Å². The van der Waals surface area contributed by atoms with Crippen LogP contribution >= 0.6 is 15.9 Å². The van der Waals surface area contributed by atoms with E-state index >= 15 is 0 Å². The number of halogens is 1. The van der Waals surface area contributed by atoms with Crippen molar-refractivity contribution in [1.29, 1.82) is 0 Å². The standard InChI is InChI=1S/C19H23BrN6O3S/c1-14(26-12-16(20)9-22-26)8-19(27)24-18(15-6-4-3-5-7-15)11-23-30(28,29)17-10-21-25(2)13-17/h3-7,9-10,12-14,18,23H,8,11H2,1-2H3,(H,24,27). The van der Waals surface area contributed by atoms with Crippen molar-refractivity contribution in [3.8, 4) is 0 Å². The van der Waals surface area contributed by atoms with Crippen LogP contribution in [0.4, 0.5) is 0 Å². The van der Waals surface area contributed by atoms with Crippen LogP contribution in [-0.4, -0.2) is 40.4 Å². The molecule has 0 spiro atoms. The smallest absolute Gasteiger partial charge is 0.243 e. The van der Waals surface area contributed by atoms with E-state index in [0.29, 0.717) is 0 Å². The molecule has 0 aliphatic rings. The zero-order chi connectivity index (χ0) is 21.7. The normalized spacial score (nSPS) is 13.7. The van der Waals surface area contributed by atoms with Crippen LogP contribution in [0.25, 0.3) is 0 Å². The zero-order valence-electron chi connectivity index (χ0n) is 16.6. The van der Waals surface area contributed by atoms with Gasteiger partial charge in [-0.2, -0.15) is 10.2 Å². The molecule has 0 bridgehead atoms. The Hall–Kier alpha value is -2.50. The minimum atomic E-state index is -3.75. The molecule has 1 amide bonds. The molecule has 3 rings (SSSR count). The first-order valence-electron chi connectivity index (χ1n) is 9.27. The summed E-state index contributed by atoms with van der Waals surface area (Å²) in [6.45, 7) is 1.90. The summed E-state index contributed by atoms with van der Waals surface area (Å²) in [7, 11) is -2.10. The first-order chi connectivity index (χ1) is 14.2. The third-order valence-corrected chi connectivity index (χ3v) is 6.30. The summed E-state index contributed by atoms with van der Waals surface area (Å²) in [6.07, 6.45) is 6.36. The molecule has 0 saturated heterocycles. The van der Waals surface area contributed by atoms with E-state index < -0.39 is 16.1 Å². The average molecular weight is 495 g/mol. The molecule has 3 aromatic rings. The van der Waals surface area contributed by atoms with E-state index in [4.69, 9.17) is 0 Å². The number of aryl methyl sites for hydroxylation is 1. The van der Waals surface area contributed by atoms with Crippen LogP contribution in [0.1, 0.15) is 31.0 Å². The van der Waals surface area contributed by atoms with E-state index in [2.05, 4.69) is 36.2 Å². The molecule has 2 unspecified atom stereocenters. The molecule has 160 valence electrons. The lowest BCUT2D eigenvalue weighted by Crippen LogP contribution is -2.38. The molecule has 0 aliphatic heterocycles. The molecule has 0 radical (unpaired) electrons. The van der Waals surface area contributed by atoms with Crippen LogP contribution in [0, 0.1) is 0 Å². The first-order valence-corrected chi connectivity index (χ1v) is 11.5. The number of carbonyl (C=O) groups is 1. The second kappa shape index (κ2) is 9.54. The summed E-state index contributed by atoms with van der Waals surface area (Å²) >= 11 is 3.34. The number of aromatic nitrogens is 4. The van der Waals surface area contributed by atoms with E-state index in [-0.39, 0.29) is 29.8 Å². The molecule has 2 aromatic heterocycles. The highest BCUT2D eigenvalue weighted by molar-refractivity contribution is 9.10. The number of benzene rings is 1. The van der Waals surface area contributed by atoms with Gasteiger partial charge in [0.1, 0.15) is 4.90 Å². The fourth-order valence-electron chi connectivity index (χ4n) is 2.92. The summed E-state index contributed by atoms with van der Waals surface area (Å²) in [5.41, 5.74) is 0.800. The summed E-state index contributed by atoms with van der Waals surface area (Å²) in [4.78, 5) is 12.7. The highest BCUT2D eigenvalue weighted by atomic mass is 79.9. The third kappa shape index (κ3) is 5.77. The highest BCUT2D eigenvalue weighted by Gasteiger charge is 2.22. The highest BCUT2D eigenvalue weighted by Crippen LogP contribution is 2.17. The Kier molecular flexibility index (Phi) is 7.06. The van der Waals surface area contributed by atoms with Gasteiger partial charge in [0.15, 0.2) is 0 Å². The summed E-state index contributed by atoms with van der Waals surface area (Å²) in [5, 5.41) is 11.0. The lowest BCUT2D eigenvalue weighted by atomic mass is 10.1. The average Bonchev–Trinajstić information content (AvgIpc) is 3.34. The van der Waals surface area contributed by atoms with Crippen LogP contribution in [0.15, 0.2) is 64.5 Å². The Morgan fingerprint density at radius 1 is 1.17 bits per heavy atom. The second-order valence-electron chi connectivity index (χ2n) is 6.92. The third-order valence-electron chi connectivity index (χ3n) is 4.51. The Bertz CT molecular complexity index is 1100. The number of nitrogens with zero attached hydrogens (tertiary/aromatic N) is 4. The van der Waals surface area contributed by atoms with Crippen molar-refractivity contribution in [2.45, 2.75) is 30.3 Å². The van der Waals surface area contributed by atoms with Crippen molar-refractivity contribution in [3.63, 3.8) is 0 Å². The Labute approximate surface area is 183 Å². The molecular weight excluding hydrogens is 472 g/mol. The van der Waals surface area contributed by atoms with E-state index in [1.807, 2.05) is 37.3 Å². The number of nitrogens with one attached hydrogen (secondary N) is 2. The van der Waals surface area contributed by atoms with E-state index in [9.17, 15) is 13.2 Å². The molecule has 2 N–H and O–H groups in total. The number of hydrogen-bond donors (Lipinski definition) is 2. The summed E-state index contributed by atoms with van der Waals surface area (Å²) in [5.74, 6) is -0.205. The Morgan fingerprint density at radius 3 is 2.50 bits per heavy atom. The van der Waals surface area contributed by atoms with E-state index in [1.54, 1.807) is 24.1 Å². The molecule has 2 heterocycles.